The molecular formula is C20H19O3RfS-. The van der Waals surface area contributed by atoms with Gasteiger partial charge in [-0.05, 0) is 36.1 Å². The molecule has 3 rings (SSSR count). The SMILES string of the molecule is CCCCCOc1ccc(-c2cc(=O)c3ccc(S)[c-]c3o2)cc1.[Rf]. The van der Waals surface area contributed by atoms with E-state index < -0.39 is 0 Å². The van der Waals surface area contributed by atoms with Gasteiger partial charge in [-0.25, -0.2) is 0 Å². The minimum absolute atomic E-state index is 0. The van der Waals surface area contributed by atoms with Crippen molar-refractivity contribution in [1.82, 2.24) is 0 Å². The van der Waals surface area contributed by atoms with Crippen molar-refractivity contribution >= 4 is 23.6 Å². The van der Waals surface area contributed by atoms with E-state index in [1.54, 1.807) is 12.1 Å². The number of hydrogen-bond donors (Lipinski definition) is 1. The van der Waals surface area contributed by atoms with Gasteiger partial charge in [0.15, 0.2) is 0 Å². The van der Waals surface area contributed by atoms with Crippen molar-refractivity contribution in [2.24, 2.45) is 0 Å². The third-order valence-electron chi connectivity index (χ3n) is 3.79. The van der Waals surface area contributed by atoms with Crippen LogP contribution in [-0.2, 0) is 0 Å². The number of benzene rings is 2. The standard InChI is InChI=1S/C20H19O3S.Rf/c1-2-3-4-11-22-15-7-5-14(6-8-15)19-13-18(21)17-10-9-16(24)12-20(17)23-19;/h5-10,13,24H,2-4,11H2,1H3;/q-1;. The number of rotatable bonds is 6. The van der Waals surface area contributed by atoms with Crippen molar-refractivity contribution < 1.29 is 9.15 Å². The molecule has 3 nitrogen and oxygen atoms in total. The summed E-state index contributed by atoms with van der Waals surface area (Å²) in [4.78, 5) is 12.9. The van der Waals surface area contributed by atoms with Gasteiger partial charge in [0.1, 0.15) is 16.9 Å². The largest absolute Gasteiger partial charge is 0.494 e. The normalized spacial score (nSPS) is 10.5. The summed E-state index contributed by atoms with van der Waals surface area (Å²) in [5.41, 5.74) is 1.16. The second kappa shape index (κ2) is 8.06. The van der Waals surface area contributed by atoms with Crippen molar-refractivity contribution in [3.05, 3.63) is 58.8 Å². The Bertz CT molecular complexity index is 888. The first kappa shape index (κ1) is 18.1. The molecule has 0 fully saturated rings. The number of hydrogen-bond acceptors (Lipinski definition) is 4. The molecule has 0 spiro atoms. The molecule has 126 valence electrons. The zero-order chi connectivity index (χ0) is 16.9. The van der Waals surface area contributed by atoms with Crippen molar-refractivity contribution in [3.8, 4) is 17.1 Å². The second-order valence-corrected chi connectivity index (χ2v) is 6.12. The number of fused-ring (bicyclic) bond motifs is 1. The molecule has 0 N–H and O–H groups in total. The minimum atomic E-state index is -0.0873. The fourth-order valence-electron chi connectivity index (χ4n) is 2.47. The summed E-state index contributed by atoms with van der Waals surface area (Å²) < 4.78 is 11.5. The zero-order valence-electron chi connectivity index (χ0n) is 14.2. The topological polar surface area (TPSA) is 39.4 Å². The van der Waals surface area contributed by atoms with Crippen molar-refractivity contribution in [2.45, 2.75) is 31.1 Å². The van der Waals surface area contributed by atoms with E-state index in [-0.39, 0.29) is 5.43 Å². The molecule has 0 bridgehead atoms. The Morgan fingerprint density at radius 2 is 1.88 bits per heavy atom. The van der Waals surface area contributed by atoms with Crippen LogP contribution in [0, 0.1) is 6.07 Å². The number of thiol groups is 1. The first-order valence-electron chi connectivity index (χ1n) is 8.10. The van der Waals surface area contributed by atoms with E-state index in [1.807, 2.05) is 24.3 Å². The van der Waals surface area contributed by atoms with Crippen molar-refractivity contribution in [1.29, 1.82) is 0 Å². The van der Waals surface area contributed by atoms with Crippen LogP contribution in [0.15, 0.2) is 56.6 Å². The Morgan fingerprint density at radius 3 is 2.60 bits per heavy atom. The van der Waals surface area contributed by atoms with E-state index in [2.05, 4.69) is 25.6 Å². The van der Waals surface area contributed by atoms with E-state index in [0.29, 0.717) is 21.6 Å². The summed E-state index contributed by atoms with van der Waals surface area (Å²) in [5, 5.41) is 0.507. The van der Waals surface area contributed by atoms with Crippen molar-refractivity contribution in [2.75, 3.05) is 6.61 Å². The fraction of sp³-hybridized carbons (Fsp3) is 0.250. The molecule has 3 aromatic rings. The van der Waals surface area contributed by atoms with Gasteiger partial charge in [0.2, 0.25) is 0 Å². The molecule has 0 saturated carbocycles. The maximum atomic E-state index is 12.2. The van der Waals surface area contributed by atoms with Crippen LogP contribution in [0.1, 0.15) is 26.2 Å². The number of unbranched alkanes of at least 4 members (excludes halogenated alkanes) is 2. The van der Waals surface area contributed by atoms with Gasteiger partial charge in [0, 0.05) is 17.2 Å². The van der Waals surface area contributed by atoms with Crippen LogP contribution >= 0.6 is 12.6 Å². The fourth-order valence-corrected chi connectivity index (χ4v) is 2.65. The van der Waals surface area contributed by atoms with Crippen LogP contribution in [0.2, 0.25) is 0 Å². The third-order valence-corrected chi connectivity index (χ3v) is 4.05. The molecule has 25 heavy (non-hydrogen) atoms. The summed E-state index contributed by atoms with van der Waals surface area (Å²) in [6.07, 6.45) is 3.40. The molecule has 0 radical (unpaired) electrons. The molecule has 0 atom stereocenters. The van der Waals surface area contributed by atoms with Gasteiger partial charge in [-0.2, -0.15) is 24.8 Å². The van der Waals surface area contributed by atoms with E-state index in [4.69, 9.17) is 9.15 Å². The minimum Gasteiger partial charge on any atom is -0.494 e. The molecule has 0 aliphatic rings. The van der Waals surface area contributed by atoms with Gasteiger partial charge in [0.25, 0.3) is 0 Å². The monoisotopic (exact) mass is 606 g/mol. The van der Waals surface area contributed by atoms with Crippen LogP contribution < -0.4 is 10.2 Å². The Hall–Kier alpha value is -3.20. The van der Waals surface area contributed by atoms with Gasteiger partial charge in [-0.1, -0.05) is 19.8 Å². The Balaban J connectivity index is 0.00000225. The molecule has 5 heteroatoms. The third kappa shape index (κ3) is 4.21. The molecule has 0 saturated heterocycles. The molecule has 1 aromatic heterocycles. The van der Waals surface area contributed by atoms with Crippen LogP contribution in [-0.4, -0.2) is 6.61 Å². The van der Waals surface area contributed by atoms with Gasteiger partial charge in [-0.15, -0.1) is 11.0 Å². The van der Waals surface area contributed by atoms with Crippen LogP contribution in [0.3, 0.4) is 0 Å². The van der Waals surface area contributed by atoms with Crippen LogP contribution in [0.25, 0.3) is 22.3 Å². The summed E-state index contributed by atoms with van der Waals surface area (Å²) in [6, 6.07) is 15.5. The average Bonchev–Trinajstić information content (AvgIpc) is 2.59. The van der Waals surface area contributed by atoms with Crippen LogP contribution in [0.4, 0.5) is 0 Å². The number of ether oxygens (including phenoxy) is 1. The molecule has 1 heterocycles. The van der Waals surface area contributed by atoms with E-state index >= 15 is 0 Å². The first-order chi connectivity index (χ1) is 11.7. The van der Waals surface area contributed by atoms with Crippen molar-refractivity contribution in [3.63, 3.8) is 0 Å². The Labute approximate surface area is 146 Å². The molecular weight excluding hydrogens is 587 g/mol. The van der Waals surface area contributed by atoms with Gasteiger partial charge in [-0.3, -0.25) is 0 Å². The van der Waals surface area contributed by atoms with Crippen LogP contribution in [0.5, 0.6) is 5.75 Å². The molecule has 0 unspecified atom stereocenters. The molecule has 0 aliphatic carbocycles. The molecule has 0 aliphatic heterocycles. The Morgan fingerprint density at radius 1 is 1.12 bits per heavy atom. The molecule has 2 aromatic carbocycles. The predicted molar refractivity (Wildman–Crippen MR) is 99.0 cm³/mol. The quantitative estimate of drug-likeness (QED) is 0.241. The average molecular weight is 606 g/mol. The predicted octanol–water partition coefficient (Wildman–Crippen LogP) is 5.12. The van der Waals surface area contributed by atoms with E-state index in [9.17, 15) is 4.79 Å². The maximum Gasteiger partial charge on any atom is 0.138 e. The van der Waals surface area contributed by atoms with Gasteiger partial charge in [0.05, 0.1) is 6.61 Å². The van der Waals surface area contributed by atoms with E-state index in [1.165, 1.54) is 18.9 Å². The summed E-state index contributed by atoms with van der Waals surface area (Å²) in [5.74, 6) is 1.34. The van der Waals surface area contributed by atoms with E-state index in [0.717, 1.165) is 24.3 Å². The summed E-state index contributed by atoms with van der Waals surface area (Å²) >= 11 is 4.24. The second-order valence-electron chi connectivity index (χ2n) is 5.64. The zero-order valence-corrected chi connectivity index (χ0v) is 21.5. The Kier molecular flexibility index (Phi) is 5.85. The maximum absolute atomic E-state index is 12.2. The summed E-state index contributed by atoms with van der Waals surface area (Å²) in [6.45, 7) is 2.89. The molecule has 0 amide bonds. The smallest absolute Gasteiger partial charge is 0.138 e. The van der Waals surface area contributed by atoms with Gasteiger partial charge < -0.3 is 13.9 Å². The van der Waals surface area contributed by atoms with Gasteiger partial charge >= 0.3 is 0 Å². The first-order valence-corrected chi connectivity index (χ1v) is 8.54. The summed E-state index contributed by atoms with van der Waals surface area (Å²) in [7, 11) is 0.